The average molecular weight is 574 g/mol. The summed E-state index contributed by atoms with van der Waals surface area (Å²) in [5, 5.41) is 16.8. The van der Waals surface area contributed by atoms with Crippen LogP contribution in [0, 0.1) is 20.8 Å². The number of hydrogen-bond acceptors (Lipinski definition) is 7. The Hall–Kier alpha value is -5.31. The normalized spacial score (nSPS) is 13.9. The molecule has 1 aliphatic carbocycles. The van der Waals surface area contributed by atoms with Gasteiger partial charge >= 0.3 is 0 Å². The van der Waals surface area contributed by atoms with E-state index >= 15 is 0 Å². The van der Waals surface area contributed by atoms with Gasteiger partial charge in [-0.15, -0.1) is 0 Å². The standard InChI is InChI=1S/C34H31N5O4/c1-20-16-21(2)31-23(19-42-29(31)17-20)18-30(40)39-38-27-10-7-11-28-32(27)22(3)33(43-28)34(41)35-24-12-14-26(15-13-24)37-36-25-8-5-4-6-9-25/h4-6,8-9,12-17,19H,7,10-11,18H2,1-3H3,(H,35,41)(H,39,40). The highest BCUT2D eigenvalue weighted by Gasteiger charge is 2.28. The lowest BCUT2D eigenvalue weighted by molar-refractivity contribution is -0.120. The molecule has 6 rings (SSSR count). The van der Waals surface area contributed by atoms with Crippen molar-refractivity contribution in [3.63, 3.8) is 0 Å². The topological polar surface area (TPSA) is 122 Å². The van der Waals surface area contributed by atoms with Crippen molar-refractivity contribution < 1.29 is 18.4 Å². The van der Waals surface area contributed by atoms with E-state index in [1.165, 1.54) is 0 Å². The van der Waals surface area contributed by atoms with Crippen LogP contribution in [0.25, 0.3) is 11.0 Å². The molecule has 2 aromatic heterocycles. The van der Waals surface area contributed by atoms with Crippen LogP contribution >= 0.6 is 0 Å². The lowest BCUT2D eigenvalue weighted by Crippen LogP contribution is -2.23. The van der Waals surface area contributed by atoms with E-state index in [-0.39, 0.29) is 24.0 Å². The molecule has 0 unspecified atom stereocenters. The summed E-state index contributed by atoms with van der Waals surface area (Å²) in [6.07, 6.45) is 3.94. The number of fused-ring (bicyclic) bond motifs is 2. The Morgan fingerprint density at radius 2 is 1.65 bits per heavy atom. The molecule has 43 heavy (non-hydrogen) atoms. The van der Waals surface area contributed by atoms with Crippen LogP contribution in [0.5, 0.6) is 0 Å². The molecule has 3 aromatic carbocycles. The maximum absolute atomic E-state index is 13.2. The largest absolute Gasteiger partial charge is 0.464 e. The molecule has 0 spiro atoms. The first-order valence-electron chi connectivity index (χ1n) is 14.2. The number of benzene rings is 3. The van der Waals surface area contributed by atoms with Crippen LogP contribution in [0.1, 0.15) is 57.0 Å². The minimum absolute atomic E-state index is 0.144. The third-order valence-corrected chi connectivity index (χ3v) is 7.45. The number of aryl methyl sites for hydroxylation is 3. The third-order valence-electron chi connectivity index (χ3n) is 7.45. The van der Waals surface area contributed by atoms with Crippen molar-refractivity contribution in [1.29, 1.82) is 0 Å². The van der Waals surface area contributed by atoms with Gasteiger partial charge in [0.1, 0.15) is 11.3 Å². The highest BCUT2D eigenvalue weighted by Crippen LogP contribution is 2.31. The molecule has 0 fully saturated rings. The lowest BCUT2D eigenvalue weighted by Gasteiger charge is -2.13. The van der Waals surface area contributed by atoms with Gasteiger partial charge in [-0.25, -0.2) is 5.43 Å². The molecule has 0 atom stereocenters. The van der Waals surface area contributed by atoms with Crippen molar-refractivity contribution in [2.45, 2.75) is 46.5 Å². The summed E-state index contributed by atoms with van der Waals surface area (Å²) in [4.78, 5) is 26.1. The van der Waals surface area contributed by atoms with Gasteiger partial charge in [-0.3, -0.25) is 9.59 Å². The molecule has 5 aromatic rings. The Morgan fingerprint density at radius 1 is 0.907 bits per heavy atom. The number of furan rings is 2. The fourth-order valence-electron chi connectivity index (χ4n) is 5.51. The summed E-state index contributed by atoms with van der Waals surface area (Å²) in [5.74, 6) is 0.333. The number of carbonyl (C=O) groups is 2. The zero-order valence-electron chi connectivity index (χ0n) is 24.2. The minimum Gasteiger partial charge on any atom is -0.464 e. The lowest BCUT2D eigenvalue weighted by atomic mass is 9.93. The summed E-state index contributed by atoms with van der Waals surface area (Å²) in [6, 6.07) is 20.6. The maximum atomic E-state index is 13.2. The van der Waals surface area contributed by atoms with Crippen molar-refractivity contribution in [3.8, 4) is 0 Å². The Morgan fingerprint density at radius 3 is 2.42 bits per heavy atom. The van der Waals surface area contributed by atoms with E-state index < -0.39 is 0 Å². The van der Waals surface area contributed by atoms with E-state index in [1.807, 2.05) is 57.2 Å². The average Bonchev–Trinajstić information content (AvgIpc) is 3.57. The molecule has 0 radical (unpaired) electrons. The molecule has 2 amide bonds. The number of nitrogens with zero attached hydrogens (tertiary/aromatic N) is 3. The number of hydrazone groups is 1. The molecule has 0 saturated heterocycles. The van der Waals surface area contributed by atoms with Gasteiger partial charge in [0.25, 0.3) is 5.91 Å². The molecule has 2 N–H and O–H groups in total. The molecule has 1 aliphatic rings. The first kappa shape index (κ1) is 27.8. The smallest absolute Gasteiger partial charge is 0.291 e. The number of azo groups is 1. The van der Waals surface area contributed by atoms with Crippen LogP contribution < -0.4 is 10.7 Å². The second kappa shape index (κ2) is 11.9. The van der Waals surface area contributed by atoms with Gasteiger partial charge in [-0.05, 0) is 87.2 Å². The second-order valence-corrected chi connectivity index (χ2v) is 10.7. The molecule has 9 nitrogen and oxygen atoms in total. The Balaban J connectivity index is 1.13. The number of rotatable bonds is 7. The number of hydrogen-bond donors (Lipinski definition) is 2. The van der Waals surface area contributed by atoms with Crippen molar-refractivity contribution >= 4 is 45.6 Å². The Labute approximate surface area is 248 Å². The molecular formula is C34H31N5O4. The Kier molecular flexibility index (Phi) is 7.70. The van der Waals surface area contributed by atoms with Crippen molar-refractivity contribution in [2.75, 3.05) is 5.32 Å². The van der Waals surface area contributed by atoms with Crippen LogP contribution in [0.2, 0.25) is 0 Å². The molecule has 9 heteroatoms. The summed E-state index contributed by atoms with van der Waals surface area (Å²) < 4.78 is 11.7. The number of anilines is 1. The van der Waals surface area contributed by atoms with Gasteiger partial charge in [0.05, 0.1) is 29.8 Å². The van der Waals surface area contributed by atoms with E-state index in [9.17, 15) is 9.59 Å². The van der Waals surface area contributed by atoms with Crippen molar-refractivity contribution in [2.24, 2.45) is 15.3 Å². The highest BCUT2D eigenvalue weighted by molar-refractivity contribution is 6.09. The fraction of sp³-hybridized carbons (Fsp3) is 0.206. The Bertz CT molecular complexity index is 1880. The quantitative estimate of drug-likeness (QED) is 0.151. The van der Waals surface area contributed by atoms with E-state index in [2.05, 4.69) is 32.1 Å². The zero-order valence-corrected chi connectivity index (χ0v) is 24.2. The third kappa shape index (κ3) is 6.01. The number of nitrogens with one attached hydrogen (secondary N) is 2. The first-order valence-corrected chi connectivity index (χ1v) is 14.2. The van der Waals surface area contributed by atoms with E-state index in [0.717, 1.165) is 45.3 Å². The summed E-state index contributed by atoms with van der Waals surface area (Å²) in [6.45, 7) is 5.87. The molecule has 216 valence electrons. The number of carbonyl (C=O) groups excluding carboxylic acids is 2. The van der Waals surface area contributed by atoms with Crippen LogP contribution in [0.15, 0.2) is 97.2 Å². The van der Waals surface area contributed by atoms with Crippen LogP contribution in [-0.4, -0.2) is 17.5 Å². The molecular weight excluding hydrogens is 542 g/mol. The van der Waals surface area contributed by atoms with Gasteiger partial charge in [0.2, 0.25) is 5.91 Å². The van der Waals surface area contributed by atoms with E-state index in [4.69, 9.17) is 8.83 Å². The molecule has 2 heterocycles. The molecule has 0 aliphatic heterocycles. The zero-order chi connectivity index (χ0) is 29.9. The van der Waals surface area contributed by atoms with Gasteiger partial charge < -0.3 is 14.2 Å². The van der Waals surface area contributed by atoms with Crippen molar-refractivity contribution in [1.82, 2.24) is 5.43 Å². The first-order chi connectivity index (χ1) is 20.9. The van der Waals surface area contributed by atoms with Crippen LogP contribution in [0.3, 0.4) is 0 Å². The second-order valence-electron chi connectivity index (χ2n) is 10.7. The van der Waals surface area contributed by atoms with E-state index in [0.29, 0.717) is 41.3 Å². The van der Waals surface area contributed by atoms with E-state index in [1.54, 1.807) is 30.5 Å². The predicted molar refractivity (Wildman–Crippen MR) is 165 cm³/mol. The fourth-order valence-corrected chi connectivity index (χ4v) is 5.51. The van der Waals surface area contributed by atoms with Gasteiger partial charge in [0, 0.05) is 34.2 Å². The number of amides is 2. The maximum Gasteiger partial charge on any atom is 0.291 e. The van der Waals surface area contributed by atoms with Crippen LogP contribution in [-0.2, 0) is 17.6 Å². The van der Waals surface area contributed by atoms with Gasteiger partial charge in [-0.1, -0.05) is 24.3 Å². The van der Waals surface area contributed by atoms with Crippen molar-refractivity contribution in [3.05, 3.63) is 112 Å². The SMILES string of the molecule is Cc1cc(C)c2c(CC(=O)NN=C3CCCc4oc(C(=O)Nc5ccc(N=Nc6ccccc6)cc5)c(C)c43)coc2c1. The predicted octanol–water partition coefficient (Wildman–Crippen LogP) is 8.02. The summed E-state index contributed by atoms with van der Waals surface area (Å²) in [7, 11) is 0. The molecule has 0 saturated carbocycles. The summed E-state index contributed by atoms with van der Waals surface area (Å²) in [5.41, 5.74) is 10.7. The van der Waals surface area contributed by atoms with Gasteiger partial charge in [0.15, 0.2) is 5.76 Å². The van der Waals surface area contributed by atoms with Crippen LogP contribution in [0.4, 0.5) is 17.1 Å². The monoisotopic (exact) mass is 573 g/mol. The minimum atomic E-state index is -0.355. The molecule has 0 bridgehead atoms. The summed E-state index contributed by atoms with van der Waals surface area (Å²) >= 11 is 0. The highest BCUT2D eigenvalue weighted by atomic mass is 16.4. The van der Waals surface area contributed by atoms with Gasteiger partial charge in [-0.2, -0.15) is 15.3 Å².